The number of rotatable bonds is 3. The van der Waals surface area contributed by atoms with Crippen molar-refractivity contribution in [3.63, 3.8) is 0 Å². The predicted octanol–water partition coefficient (Wildman–Crippen LogP) is 4.63. The first-order valence-corrected chi connectivity index (χ1v) is 13.0. The maximum absolute atomic E-state index is 13.6. The summed E-state index contributed by atoms with van der Waals surface area (Å²) in [6.07, 6.45) is 14.4. The summed E-state index contributed by atoms with van der Waals surface area (Å²) in [6.45, 7) is 2.79. The van der Waals surface area contributed by atoms with Gasteiger partial charge in [0.2, 0.25) is 0 Å². The zero-order chi connectivity index (χ0) is 21.7. The van der Waals surface area contributed by atoms with Crippen LogP contribution in [-0.2, 0) is 11.3 Å². The van der Waals surface area contributed by atoms with Gasteiger partial charge in [-0.15, -0.1) is 0 Å². The Bertz CT molecular complexity index is 1080. The molecule has 0 aromatic carbocycles. The Balaban J connectivity index is 1.11. The molecule has 0 spiro atoms. The van der Waals surface area contributed by atoms with Crippen LogP contribution in [0, 0.1) is 46.8 Å². The molecule has 1 unspecified atom stereocenters. The molecule has 32 heavy (non-hydrogen) atoms. The quantitative estimate of drug-likeness (QED) is 0.766. The highest BCUT2D eigenvalue weighted by Gasteiger charge is 2.65. The summed E-state index contributed by atoms with van der Waals surface area (Å²) in [4.78, 5) is 18.0. The number of ketones is 1. The molecule has 2 aromatic rings. The van der Waals surface area contributed by atoms with Gasteiger partial charge in [0.1, 0.15) is 6.54 Å². The maximum atomic E-state index is 13.6. The van der Waals surface area contributed by atoms with Crippen LogP contribution in [0.5, 0.6) is 0 Å². The average Bonchev–Trinajstić information content (AvgIpc) is 3.15. The number of carbonyl (C=O) groups is 1. The molecule has 0 bridgehead atoms. The number of hydrogen-bond donors (Lipinski definition) is 1. The molecule has 5 saturated carbocycles. The van der Waals surface area contributed by atoms with Gasteiger partial charge < -0.3 is 5.11 Å². The normalized spacial score (nSPS) is 46.8. The van der Waals surface area contributed by atoms with Crippen LogP contribution in [0.15, 0.2) is 24.5 Å². The van der Waals surface area contributed by atoms with Gasteiger partial charge >= 0.3 is 0 Å². The van der Waals surface area contributed by atoms with E-state index in [1.54, 1.807) is 6.20 Å². The average molecular weight is 434 g/mol. The van der Waals surface area contributed by atoms with E-state index in [2.05, 4.69) is 17.0 Å². The number of fused-ring (bicyclic) bond motifs is 8. The maximum Gasteiger partial charge on any atom is 0.158 e. The van der Waals surface area contributed by atoms with Gasteiger partial charge in [0.05, 0.1) is 11.8 Å². The Labute approximate surface area is 190 Å². The van der Waals surface area contributed by atoms with E-state index in [4.69, 9.17) is 0 Å². The van der Waals surface area contributed by atoms with Crippen molar-refractivity contribution >= 4 is 16.8 Å². The third-order valence-corrected chi connectivity index (χ3v) is 11.0. The van der Waals surface area contributed by atoms with Gasteiger partial charge in [-0.1, -0.05) is 6.92 Å². The Hall–Kier alpha value is -1.75. The van der Waals surface area contributed by atoms with Gasteiger partial charge in [0, 0.05) is 17.5 Å². The van der Waals surface area contributed by atoms with Crippen molar-refractivity contribution in [2.24, 2.45) is 46.8 Å². The number of aromatic nitrogens is 3. The number of Topliss-reactive ketones (excluding diaryl/α,β-unsaturated/α-hetero) is 1. The van der Waals surface area contributed by atoms with Crippen molar-refractivity contribution in [3.05, 3.63) is 24.5 Å². The van der Waals surface area contributed by atoms with E-state index in [1.807, 2.05) is 23.0 Å². The molecular weight excluding hydrogens is 398 g/mol. The summed E-state index contributed by atoms with van der Waals surface area (Å²) in [5.74, 6) is 5.07. The van der Waals surface area contributed by atoms with Gasteiger partial charge in [0.25, 0.3) is 0 Å². The van der Waals surface area contributed by atoms with E-state index in [1.165, 1.54) is 38.5 Å². The molecule has 0 radical (unpaired) electrons. The highest BCUT2D eigenvalue weighted by molar-refractivity contribution is 5.84. The van der Waals surface area contributed by atoms with E-state index >= 15 is 0 Å². The minimum Gasteiger partial charge on any atom is -0.390 e. The van der Waals surface area contributed by atoms with Gasteiger partial charge in [0.15, 0.2) is 11.4 Å². The molecule has 9 atom stereocenters. The van der Waals surface area contributed by atoms with Crippen molar-refractivity contribution in [2.45, 2.75) is 76.9 Å². The molecule has 5 aliphatic carbocycles. The molecule has 7 rings (SSSR count). The fourth-order valence-electron chi connectivity index (χ4n) is 9.50. The highest BCUT2D eigenvalue weighted by atomic mass is 16.3. The zero-order valence-electron chi connectivity index (χ0n) is 19.1. The third kappa shape index (κ3) is 2.63. The Morgan fingerprint density at radius 1 is 1.06 bits per heavy atom. The second-order valence-electron chi connectivity index (χ2n) is 12.2. The first kappa shape index (κ1) is 19.7. The van der Waals surface area contributed by atoms with Crippen LogP contribution in [0.2, 0.25) is 0 Å². The molecule has 0 amide bonds. The SMILES string of the molecule is C[C@]12CC[C@@H]3[C@H]4CC[C@]5(O)CC5[C@H]4CC[C@H]3[C@@H]1CC[C@@H]2C(=O)Cn1ncc2cccnc21. The molecule has 5 fully saturated rings. The lowest BCUT2D eigenvalue weighted by atomic mass is 9.49. The Morgan fingerprint density at radius 3 is 2.69 bits per heavy atom. The van der Waals surface area contributed by atoms with Crippen molar-refractivity contribution < 1.29 is 9.90 Å². The summed E-state index contributed by atoms with van der Waals surface area (Å²) < 4.78 is 1.81. The molecule has 1 N–H and O–H groups in total. The smallest absolute Gasteiger partial charge is 0.158 e. The largest absolute Gasteiger partial charge is 0.390 e. The van der Waals surface area contributed by atoms with Crippen LogP contribution in [0.1, 0.15) is 64.7 Å². The number of aliphatic hydroxyl groups is 1. The monoisotopic (exact) mass is 433 g/mol. The van der Waals surface area contributed by atoms with Crippen molar-refractivity contribution in [1.29, 1.82) is 0 Å². The third-order valence-electron chi connectivity index (χ3n) is 11.0. The molecule has 170 valence electrons. The summed E-state index contributed by atoms with van der Waals surface area (Å²) in [7, 11) is 0. The van der Waals surface area contributed by atoms with Crippen molar-refractivity contribution in [1.82, 2.24) is 14.8 Å². The summed E-state index contributed by atoms with van der Waals surface area (Å²) in [5, 5.41) is 16.2. The second kappa shape index (κ2) is 6.65. The lowest BCUT2D eigenvalue weighted by Gasteiger charge is -2.56. The van der Waals surface area contributed by atoms with Gasteiger partial charge in [-0.25, -0.2) is 9.67 Å². The molecule has 5 aliphatic rings. The number of carbonyl (C=O) groups excluding carboxylic acids is 1. The topological polar surface area (TPSA) is 68.0 Å². The van der Waals surface area contributed by atoms with Crippen molar-refractivity contribution in [3.8, 4) is 0 Å². The number of nitrogens with zero attached hydrogens (tertiary/aromatic N) is 3. The minimum atomic E-state index is -0.284. The van der Waals surface area contributed by atoms with Gasteiger partial charge in [-0.3, -0.25) is 4.79 Å². The molecule has 2 heterocycles. The van der Waals surface area contributed by atoms with Crippen LogP contribution >= 0.6 is 0 Å². The van der Waals surface area contributed by atoms with E-state index in [0.717, 1.165) is 54.0 Å². The van der Waals surface area contributed by atoms with E-state index < -0.39 is 0 Å². The molecule has 5 heteroatoms. The molecule has 0 saturated heterocycles. The Morgan fingerprint density at radius 2 is 1.84 bits per heavy atom. The van der Waals surface area contributed by atoms with Crippen molar-refractivity contribution in [2.75, 3.05) is 0 Å². The number of hydrogen-bond acceptors (Lipinski definition) is 4. The fourth-order valence-corrected chi connectivity index (χ4v) is 9.50. The summed E-state index contributed by atoms with van der Waals surface area (Å²) >= 11 is 0. The van der Waals surface area contributed by atoms with E-state index in [-0.39, 0.29) is 16.9 Å². The van der Waals surface area contributed by atoms with Crippen LogP contribution in [-0.4, -0.2) is 31.3 Å². The molecule has 0 aliphatic heterocycles. The summed E-state index contributed by atoms with van der Waals surface area (Å²) in [6, 6.07) is 3.93. The Kier molecular flexibility index (Phi) is 4.09. The molecule has 5 nitrogen and oxygen atoms in total. The lowest BCUT2D eigenvalue weighted by molar-refractivity contribution is -0.131. The molecular formula is C27H35N3O2. The minimum absolute atomic E-state index is 0.149. The lowest BCUT2D eigenvalue weighted by Crippen LogP contribution is -2.50. The van der Waals surface area contributed by atoms with Gasteiger partial charge in [-0.2, -0.15) is 5.10 Å². The van der Waals surface area contributed by atoms with E-state index in [9.17, 15) is 9.90 Å². The first-order chi connectivity index (χ1) is 15.5. The second-order valence-corrected chi connectivity index (χ2v) is 12.2. The standard InChI is InChI=1S/C27H35N3O2/c1-26-10-8-17-18-9-11-27(32)13-23(27)20(18)5-4-19(17)21(26)6-7-22(26)24(31)15-30-25-16(14-29-30)3-2-12-28-25/h2-3,12,14,17-23,32H,4-11,13,15H2,1H3/t17-,18-,19-,20+,21+,22-,23?,26+,27+/m1/s1. The van der Waals surface area contributed by atoms with Crippen LogP contribution in [0.25, 0.3) is 11.0 Å². The van der Waals surface area contributed by atoms with Gasteiger partial charge in [-0.05, 0) is 111 Å². The first-order valence-electron chi connectivity index (χ1n) is 13.0. The summed E-state index contributed by atoms with van der Waals surface area (Å²) in [5.41, 5.74) is 0.684. The molecule has 2 aromatic heterocycles. The van der Waals surface area contributed by atoms with Crippen LogP contribution in [0.3, 0.4) is 0 Å². The van der Waals surface area contributed by atoms with E-state index in [0.29, 0.717) is 24.2 Å². The van der Waals surface area contributed by atoms with Crippen LogP contribution < -0.4 is 0 Å². The fraction of sp³-hybridized carbons (Fsp3) is 0.741. The zero-order valence-corrected chi connectivity index (χ0v) is 19.1. The highest BCUT2D eigenvalue weighted by Crippen LogP contribution is 2.68. The predicted molar refractivity (Wildman–Crippen MR) is 122 cm³/mol. The number of pyridine rings is 1. The van der Waals surface area contributed by atoms with Crippen LogP contribution in [0.4, 0.5) is 0 Å².